The highest BCUT2D eigenvalue weighted by Crippen LogP contribution is 2.33. The summed E-state index contributed by atoms with van der Waals surface area (Å²) in [5.74, 6) is -1.07. The molecule has 3 heterocycles. The second-order valence-electron chi connectivity index (χ2n) is 12.2. The number of anilines is 3. The Kier molecular flexibility index (Phi) is 10.8. The van der Waals surface area contributed by atoms with E-state index >= 15 is 0 Å². The normalized spacial score (nSPS) is 16.6. The van der Waals surface area contributed by atoms with Crippen molar-refractivity contribution in [3.05, 3.63) is 59.4 Å². The number of benzene rings is 2. The fourth-order valence-corrected chi connectivity index (χ4v) is 5.21. The van der Waals surface area contributed by atoms with Crippen LogP contribution in [0.2, 0.25) is 0 Å². The molecule has 1 unspecified atom stereocenters. The third-order valence-electron chi connectivity index (χ3n) is 7.43. The highest BCUT2D eigenvalue weighted by molar-refractivity contribution is 6.12. The van der Waals surface area contributed by atoms with E-state index in [-0.39, 0.29) is 24.3 Å². The summed E-state index contributed by atoms with van der Waals surface area (Å²) in [6.07, 6.45) is 2.97. The second kappa shape index (κ2) is 15.2. The number of Topliss-reactive ketones (excluding diaryl/α,β-unsaturated/α-hetero) is 1. The standard InChI is InChI=1S/C33H39N7O7/c1-33(2,3)47-32(43)37-27-17-28(39-10-13-44-14-11-39)23(19-34)16-26(27)36-30(42)18-29(41)22-7-6-8-24(15-22)40-25(20-35-38-40)21-46-31-9-4-5-12-45-31/h6-8,15-17,20,31H,4-5,9-14,18,21H2,1-3H3,(H,36,42)(H,37,43). The molecule has 14 heteroatoms. The summed E-state index contributed by atoms with van der Waals surface area (Å²) in [6, 6.07) is 12.0. The molecule has 248 valence electrons. The molecule has 0 radical (unpaired) electrons. The lowest BCUT2D eigenvalue weighted by Crippen LogP contribution is -2.36. The van der Waals surface area contributed by atoms with E-state index in [0.29, 0.717) is 61.1 Å². The predicted octanol–water partition coefficient (Wildman–Crippen LogP) is 4.58. The molecular formula is C33H39N7O7. The molecule has 1 aromatic heterocycles. The lowest BCUT2D eigenvalue weighted by molar-refractivity contribution is -0.169. The Bertz CT molecular complexity index is 1630. The predicted molar refractivity (Wildman–Crippen MR) is 171 cm³/mol. The number of aromatic nitrogens is 3. The van der Waals surface area contributed by atoms with Gasteiger partial charge in [-0.2, -0.15) is 5.26 Å². The van der Waals surface area contributed by atoms with Gasteiger partial charge in [-0.3, -0.25) is 14.9 Å². The van der Waals surface area contributed by atoms with Crippen molar-refractivity contribution in [3.8, 4) is 11.8 Å². The fourth-order valence-electron chi connectivity index (χ4n) is 5.21. The molecule has 47 heavy (non-hydrogen) atoms. The molecular weight excluding hydrogens is 606 g/mol. The Balaban J connectivity index is 1.31. The molecule has 14 nitrogen and oxygen atoms in total. The molecule has 2 amide bonds. The number of amides is 2. The minimum absolute atomic E-state index is 0.158. The molecule has 2 saturated heterocycles. The molecule has 1 atom stereocenters. The molecule has 2 fully saturated rings. The Morgan fingerprint density at radius 3 is 2.57 bits per heavy atom. The van der Waals surface area contributed by atoms with Crippen LogP contribution in [-0.2, 0) is 30.3 Å². The SMILES string of the molecule is CC(C)(C)OC(=O)Nc1cc(N2CCOCC2)c(C#N)cc1NC(=O)CC(=O)c1cccc(-n2nncc2COC2CCCCO2)c1. The number of carbonyl (C=O) groups is 3. The summed E-state index contributed by atoms with van der Waals surface area (Å²) in [7, 11) is 0. The lowest BCUT2D eigenvalue weighted by Gasteiger charge is -2.30. The third kappa shape index (κ3) is 9.13. The Labute approximate surface area is 272 Å². The number of nitriles is 1. The van der Waals surface area contributed by atoms with Gasteiger partial charge in [-0.15, -0.1) is 5.10 Å². The van der Waals surface area contributed by atoms with Crippen molar-refractivity contribution in [2.75, 3.05) is 48.4 Å². The molecule has 5 rings (SSSR count). The first-order valence-electron chi connectivity index (χ1n) is 15.6. The van der Waals surface area contributed by atoms with Gasteiger partial charge in [0.25, 0.3) is 0 Å². The summed E-state index contributed by atoms with van der Waals surface area (Å²) in [6.45, 7) is 8.18. The van der Waals surface area contributed by atoms with E-state index in [9.17, 15) is 19.6 Å². The zero-order valence-electron chi connectivity index (χ0n) is 26.8. The molecule has 0 saturated carbocycles. The van der Waals surface area contributed by atoms with E-state index in [0.717, 1.165) is 19.3 Å². The summed E-state index contributed by atoms with van der Waals surface area (Å²) >= 11 is 0. The van der Waals surface area contributed by atoms with Gasteiger partial charge < -0.3 is 29.2 Å². The smallest absolute Gasteiger partial charge is 0.412 e. The maximum atomic E-state index is 13.3. The van der Waals surface area contributed by atoms with Crippen LogP contribution in [0.25, 0.3) is 5.69 Å². The van der Waals surface area contributed by atoms with Crippen LogP contribution < -0.4 is 15.5 Å². The Hall–Kier alpha value is -4.84. The summed E-state index contributed by atoms with van der Waals surface area (Å²) in [4.78, 5) is 41.2. The highest BCUT2D eigenvalue weighted by atomic mass is 16.7. The van der Waals surface area contributed by atoms with Crippen LogP contribution in [0.15, 0.2) is 42.6 Å². The molecule has 2 aromatic carbocycles. The van der Waals surface area contributed by atoms with Crippen LogP contribution in [0.1, 0.15) is 68.1 Å². The first kappa shape index (κ1) is 33.5. The Morgan fingerprint density at radius 1 is 1.06 bits per heavy atom. The molecule has 0 aliphatic carbocycles. The van der Waals surface area contributed by atoms with Crippen molar-refractivity contribution in [2.45, 2.75) is 65.0 Å². The van der Waals surface area contributed by atoms with E-state index in [4.69, 9.17) is 18.9 Å². The van der Waals surface area contributed by atoms with Crippen LogP contribution in [0.3, 0.4) is 0 Å². The van der Waals surface area contributed by atoms with Crippen molar-refractivity contribution in [1.29, 1.82) is 5.26 Å². The topological polar surface area (TPSA) is 170 Å². The number of hydrogen-bond donors (Lipinski definition) is 2. The molecule has 0 bridgehead atoms. The van der Waals surface area contributed by atoms with Crippen molar-refractivity contribution in [1.82, 2.24) is 15.0 Å². The average Bonchev–Trinajstić information content (AvgIpc) is 3.53. The second-order valence-corrected chi connectivity index (χ2v) is 12.2. The van der Waals surface area contributed by atoms with Crippen LogP contribution in [0.4, 0.5) is 21.9 Å². The maximum absolute atomic E-state index is 13.3. The highest BCUT2D eigenvalue weighted by Gasteiger charge is 2.23. The minimum atomic E-state index is -0.766. The lowest BCUT2D eigenvalue weighted by atomic mass is 10.1. The summed E-state index contributed by atoms with van der Waals surface area (Å²) in [5, 5.41) is 23.5. The van der Waals surface area contributed by atoms with Gasteiger partial charge in [-0.05, 0) is 64.3 Å². The molecule has 2 N–H and O–H groups in total. The fraction of sp³-hybridized carbons (Fsp3) is 0.455. The number of morpholine rings is 1. The van der Waals surface area contributed by atoms with Crippen molar-refractivity contribution in [2.24, 2.45) is 0 Å². The number of rotatable bonds is 10. The van der Waals surface area contributed by atoms with E-state index in [1.165, 1.54) is 6.07 Å². The average molecular weight is 646 g/mol. The zero-order valence-corrected chi connectivity index (χ0v) is 26.8. The minimum Gasteiger partial charge on any atom is -0.444 e. The number of nitrogens with zero attached hydrogens (tertiary/aromatic N) is 5. The van der Waals surface area contributed by atoms with Crippen LogP contribution in [0, 0.1) is 11.3 Å². The molecule has 2 aliphatic heterocycles. The van der Waals surface area contributed by atoms with E-state index < -0.39 is 29.8 Å². The van der Waals surface area contributed by atoms with Gasteiger partial charge in [0.15, 0.2) is 12.1 Å². The van der Waals surface area contributed by atoms with Crippen LogP contribution in [-0.4, -0.2) is 77.6 Å². The number of nitrogens with one attached hydrogen (secondary N) is 2. The first-order chi connectivity index (χ1) is 22.6. The van der Waals surface area contributed by atoms with Gasteiger partial charge in [0.05, 0.1) is 66.4 Å². The van der Waals surface area contributed by atoms with Gasteiger partial charge in [0.2, 0.25) is 5.91 Å². The summed E-state index contributed by atoms with van der Waals surface area (Å²) in [5.41, 5.74) is 2.04. The first-order valence-corrected chi connectivity index (χ1v) is 15.6. The van der Waals surface area contributed by atoms with Crippen LogP contribution >= 0.6 is 0 Å². The number of ether oxygens (including phenoxy) is 4. The van der Waals surface area contributed by atoms with E-state index in [1.54, 1.807) is 62.0 Å². The van der Waals surface area contributed by atoms with Gasteiger partial charge >= 0.3 is 6.09 Å². The zero-order chi connectivity index (χ0) is 33.4. The number of carbonyl (C=O) groups excluding carboxylic acids is 3. The number of ketones is 1. The van der Waals surface area contributed by atoms with Gasteiger partial charge in [-0.25, -0.2) is 9.48 Å². The van der Waals surface area contributed by atoms with Crippen molar-refractivity contribution in [3.63, 3.8) is 0 Å². The molecule has 0 spiro atoms. The van der Waals surface area contributed by atoms with Crippen molar-refractivity contribution < 1.29 is 33.3 Å². The van der Waals surface area contributed by atoms with E-state index in [1.807, 2.05) is 4.90 Å². The molecule has 2 aliphatic rings. The Morgan fingerprint density at radius 2 is 1.85 bits per heavy atom. The third-order valence-corrected chi connectivity index (χ3v) is 7.43. The number of hydrogen-bond acceptors (Lipinski definition) is 11. The molecule has 3 aromatic rings. The van der Waals surface area contributed by atoms with Gasteiger partial charge in [-0.1, -0.05) is 17.3 Å². The summed E-state index contributed by atoms with van der Waals surface area (Å²) < 4.78 is 24.0. The van der Waals surface area contributed by atoms with Crippen LogP contribution in [0.5, 0.6) is 0 Å². The monoisotopic (exact) mass is 645 g/mol. The largest absolute Gasteiger partial charge is 0.444 e. The quantitative estimate of drug-likeness (QED) is 0.234. The van der Waals surface area contributed by atoms with E-state index in [2.05, 4.69) is 27.0 Å². The maximum Gasteiger partial charge on any atom is 0.412 e. The van der Waals surface area contributed by atoms with Gasteiger partial charge in [0.1, 0.15) is 11.7 Å². The van der Waals surface area contributed by atoms with Crippen molar-refractivity contribution >= 4 is 34.8 Å². The van der Waals surface area contributed by atoms with Gasteiger partial charge in [0, 0.05) is 25.3 Å².